The van der Waals surface area contributed by atoms with Crippen molar-refractivity contribution in [2.24, 2.45) is 0 Å². The first-order valence-corrected chi connectivity index (χ1v) is 32.5. The molecule has 2 saturated heterocycles. The van der Waals surface area contributed by atoms with Crippen LogP contribution in [0.5, 0.6) is 0 Å². The normalized spacial score (nSPS) is 24.2. The van der Waals surface area contributed by atoms with Crippen molar-refractivity contribution in [3.05, 3.63) is 72.9 Å². The van der Waals surface area contributed by atoms with E-state index in [-0.39, 0.29) is 25.6 Å². The zero-order valence-electron chi connectivity index (χ0n) is 50.8. The minimum absolute atomic E-state index is 0.0566. The topological polar surface area (TPSA) is 214 Å². The third-order valence-corrected chi connectivity index (χ3v) is 15.2. The van der Waals surface area contributed by atoms with Gasteiger partial charge in [-0.25, -0.2) is 0 Å². The van der Waals surface area contributed by atoms with Crippen molar-refractivity contribution in [1.82, 2.24) is 0 Å². The number of aliphatic hydroxyl groups excluding tert-OH is 7. The average molecular weight is 1150 g/mol. The third kappa shape index (κ3) is 38.9. The Labute approximate surface area is 491 Å². The van der Waals surface area contributed by atoms with Crippen LogP contribution in [-0.2, 0) is 33.2 Å². The van der Waals surface area contributed by atoms with Crippen LogP contribution in [0.3, 0.4) is 0 Å². The molecule has 470 valence electrons. The number of unbranched alkanes of at least 4 members (excludes halogenated alkanes) is 27. The summed E-state index contributed by atoms with van der Waals surface area (Å²) in [7, 11) is 0. The average Bonchev–Trinajstić information content (AvgIpc) is 3.46. The van der Waals surface area contributed by atoms with Gasteiger partial charge < -0.3 is 64.2 Å². The molecule has 11 atom stereocenters. The van der Waals surface area contributed by atoms with Crippen molar-refractivity contribution >= 4 is 5.97 Å². The van der Waals surface area contributed by atoms with E-state index in [1.54, 1.807) is 0 Å². The molecule has 0 aromatic heterocycles. The summed E-state index contributed by atoms with van der Waals surface area (Å²) < 4.78 is 34.5. The molecule has 0 saturated carbocycles. The molecule has 0 aromatic carbocycles. The van der Waals surface area contributed by atoms with E-state index in [4.69, 9.17) is 28.4 Å². The molecule has 0 spiro atoms. The Balaban J connectivity index is 1.67. The van der Waals surface area contributed by atoms with Crippen molar-refractivity contribution in [2.45, 2.75) is 313 Å². The Morgan fingerprint density at radius 3 is 1.26 bits per heavy atom. The van der Waals surface area contributed by atoms with Crippen LogP contribution in [-0.4, -0.2) is 142 Å². The van der Waals surface area contributed by atoms with Crippen LogP contribution in [0.15, 0.2) is 72.9 Å². The number of aliphatic hydroxyl groups is 7. The predicted octanol–water partition coefficient (Wildman–Crippen LogP) is 13.0. The summed E-state index contributed by atoms with van der Waals surface area (Å²) in [5.74, 6) is -0.378. The maximum atomic E-state index is 13.1. The van der Waals surface area contributed by atoms with E-state index in [2.05, 4.69) is 86.8 Å². The van der Waals surface area contributed by atoms with Crippen molar-refractivity contribution in [1.29, 1.82) is 0 Å². The Kier molecular flexibility index (Phi) is 48.7. The van der Waals surface area contributed by atoms with E-state index < -0.39 is 80.7 Å². The third-order valence-electron chi connectivity index (χ3n) is 15.2. The maximum absolute atomic E-state index is 13.1. The van der Waals surface area contributed by atoms with Crippen molar-refractivity contribution in [3.63, 3.8) is 0 Å². The van der Waals surface area contributed by atoms with Gasteiger partial charge in [-0.1, -0.05) is 228 Å². The molecule has 2 aliphatic heterocycles. The number of rotatable bonds is 53. The highest BCUT2D eigenvalue weighted by atomic mass is 16.7. The van der Waals surface area contributed by atoms with Gasteiger partial charge >= 0.3 is 5.97 Å². The van der Waals surface area contributed by atoms with E-state index in [1.807, 2.05) is 0 Å². The lowest BCUT2D eigenvalue weighted by Gasteiger charge is -2.42. The molecule has 2 rings (SSSR count). The summed E-state index contributed by atoms with van der Waals surface area (Å²) in [6, 6.07) is 0. The Morgan fingerprint density at radius 2 is 0.802 bits per heavy atom. The van der Waals surface area contributed by atoms with E-state index in [0.717, 1.165) is 77.0 Å². The lowest BCUT2D eigenvalue weighted by Crippen LogP contribution is -2.61. The number of ether oxygens (including phenoxy) is 6. The van der Waals surface area contributed by atoms with Gasteiger partial charge in [0.15, 0.2) is 12.6 Å². The fraction of sp³-hybridized carbons (Fsp3) is 0.806. The molecule has 0 aliphatic carbocycles. The highest BCUT2D eigenvalue weighted by Crippen LogP contribution is 2.27. The van der Waals surface area contributed by atoms with Gasteiger partial charge in [-0.2, -0.15) is 0 Å². The molecule has 0 bridgehead atoms. The standard InChI is InChI=1S/C67H118O14/c1-3-5-7-9-11-13-15-17-19-21-23-25-27-29-31-33-35-37-39-41-43-45-47-49-51-76-53-56(54-77-66-65(75)63(73)61(71)58(81-66)55-78-67-64(74)62(72)60(70)57(52-68)80-67)79-59(69)50-48-46-44-42-40-38-36-34-32-30-28-26-24-22-20-18-16-14-12-10-8-6-4-2/h5,7,11,13,16-19,22-25,56-58,60-68,70-75H,3-4,6,8-10,12,14-15,20-21,26-55H2,1-2H3/b7-5-,13-11-,18-16-,19-17-,24-22-,25-23-. The fourth-order valence-corrected chi connectivity index (χ4v) is 10.0. The van der Waals surface area contributed by atoms with Crippen LogP contribution >= 0.6 is 0 Å². The highest BCUT2D eigenvalue weighted by molar-refractivity contribution is 5.69. The second-order valence-corrected chi connectivity index (χ2v) is 22.6. The van der Waals surface area contributed by atoms with Crippen LogP contribution in [0.4, 0.5) is 0 Å². The number of esters is 1. The summed E-state index contributed by atoms with van der Waals surface area (Å²) in [5.41, 5.74) is 0. The Hall–Kier alpha value is -2.57. The van der Waals surface area contributed by atoms with Gasteiger partial charge in [-0.15, -0.1) is 0 Å². The van der Waals surface area contributed by atoms with E-state index in [9.17, 15) is 40.5 Å². The predicted molar refractivity (Wildman–Crippen MR) is 325 cm³/mol. The molecular formula is C67H118O14. The summed E-state index contributed by atoms with van der Waals surface area (Å²) in [6.07, 6.45) is 52.5. The first-order chi connectivity index (χ1) is 39.6. The van der Waals surface area contributed by atoms with Crippen LogP contribution in [0.2, 0.25) is 0 Å². The van der Waals surface area contributed by atoms with Crippen LogP contribution in [0.25, 0.3) is 0 Å². The van der Waals surface area contributed by atoms with Gasteiger partial charge in [0.2, 0.25) is 0 Å². The summed E-state index contributed by atoms with van der Waals surface area (Å²) in [4.78, 5) is 13.1. The second-order valence-electron chi connectivity index (χ2n) is 22.6. The Bertz CT molecular complexity index is 1610. The SMILES string of the molecule is CC/C=C\C/C=C\C/C=C\C/C=C\CCCCCCCCCCCCCOCC(COC1OC(COC2OC(CO)C(O)C(O)C2O)C(O)C(O)C1O)OC(=O)CCCCCCCCCCCCC/C=C\C/C=C\CCCCCCC. The minimum Gasteiger partial charge on any atom is -0.457 e. The molecule has 81 heavy (non-hydrogen) atoms. The minimum atomic E-state index is -1.71. The Morgan fingerprint density at radius 1 is 0.420 bits per heavy atom. The van der Waals surface area contributed by atoms with Gasteiger partial charge in [-0.3, -0.25) is 4.79 Å². The first kappa shape index (κ1) is 74.5. The number of carbonyl (C=O) groups excluding carboxylic acids is 1. The molecule has 11 unspecified atom stereocenters. The van der Waals surface area contributed by atoms with E-state index >= 15 is 0 Å². The number of allylic oxidation sites excluding steroid dienone is 12. The molecule has 0 aromatic rings. The molecule has 2 aliphatic rings. The monoisotopic (exact) mass is 1150 g/mol. The summed E-state index contributed by atoms with van der Waals surface area (Å²) in [5, 5.41) is 72.5. The van der Waals surface area contributed by atoms with Gasteiger partial charge in [0, 0.05) is 13.0 Å². The van der Waals surface area contributed by atoms with Gasteiger partial charge in [0.05, 0.1) is 26.4 Å². The first-order valence-electron chi connectivity index (χ1n) is 32.5. The van der Waals surface area contributed by atoms with Gasteiger partial charge in [0.25, 0.3) is 0 Å². The quantitative estimate of drug-likeness (QED) is 0.0172. The molecule has 2 heterocycles. The molecule has 7 N–H and O–H groups in total. The van der Waals surface area contributed by atoms with Crippen molar-refractivity contribution in [3.8, 4) is 0 Å². The lowest BCUT2D eigenvalue weighted by atomic mass is 9.98. The number of hydrogen-bond acceptors (Lipinski definition) is 14. The summed E-state index contributed by atoms with van der Waals surface area (Å²) in [6.45, 7) is 3.58. The van der Waals surface area contributed by atoms with Crippen LogP contribution in [0.1, 0.15) is 245 Å². The molecule has 14 nitrogen and oxygen atoms in total. The van der Waals surface area contributed by atoms with E-state index in [1.165, 1.54) is 141 Å². The second kappa shape index (κ2) is 52.9. The molecule has 14 heteroatoms. The van der Waals surface area contributed by atoms with E-state index in [0.29, 0.717) is 13.0 Å². The number of hydrogen-bond donors (Lipinski definition) is 7. The smallest absolute Gasteiger partial charge is 0.306 e. The maximum Gasteiger partial charge on any atom is 0.306 e. The van der Waals surface area contributed by atoms with Gasteiger partial charge in [-0.05, 0) is 83.5 Å². The molecule has 0 radical (unpaired) electrons. The van der Waals surface area contributed by atoms with Gasteiger partial charge in [0.1, 0.15) is 54.9 Å². The molecule has 2 fully saturated rings. The van der Waals surface area contributed by atoms with Crippen molar-refractivity contribution in [2.75, 3.05) is 33.0 Å². The van der Waals surface area contributed by atoms with Crippen LogP contribution in [0, 0.1) is 0 Å². The largest absolute Gasteiger partial charge is 0.457 e. The van der Waals surface area contributed by atoms with Crippen LogP contribution < -0.4 is 0 Å². The zero-order chi connectivity index (χ0) is 58.6. The summed E-state index contributed by atoms with van der Waals surface area (Å²) >= 11 is 0. The molecule has 0 amide bonds. The fourth-order valence-electron chi connectivity index (χ4n) is 10.0. The highest BCUT2D eigenvalue weighted by Gasteiger charge is 2.47. The number of carbonyl (C=O) groups is 1. The molecular weight excluding hydrogens is 1030 g/mol. The lowest BCUT2D eigenvalue weighted by molar-refractivity contribution is -0.332. The van der Waals surface area contributed by atoms with Crippen molar-refractivity contribution < 1.29 is 69.0 Å². The zero-order valence-corrected chi connectivity index (χ0v) is 50.8.